The summed E-state index contributed by atoms with van der Waals surface area (Å²) < 4.78 is 0. The summed E-state index contributed by atoms with van der Waals surface area (Å²) in [6, 6.07) is 0. The lowest BCUT2D eigenvalue weighted by molar-refractivity contribution is 0.331. The Hall–Kier alpha value is -1.22. The molecule has 14 heavy (non-hydrogen) atoms. The van der Waals surface area contributed by atoms with E-state index in [1.165, 1.54) is 0 Å². The van der Waals surface area contributed by atoms with Crippen molar-refractivity contribution in [2.75, 3.05) is 34.2 Å². The third-order valence-corrected chi connectivity index (χ3v) is 1.86. The standard InChI is InChI=1S/C11H21N3/c1-10(12)6-7-11(2)14(5)9-8-13(3)4/h6-7H,1-2,8-9,12H2,3-5H3/b7-6-. The molecule has 0 fully saturated rings. The first-order chi connectivity index (χ1) is 6.43. The Kier molecular flexibility index (Phi) is 5.72. The molecular weight excluding hydrogens is 174 g/mol. The summed E-state index contributed by atoms with van der Waals surface area (Å²) in [4.78, 5) is 4.22. The molecule has 0 heterocycles. The molecular formula is C11H21N3. The molecule has 0 rings (SSSR count). The number of rotatable bonds is 6. The minimum atomic E-state index is 0.548. The van der Waals surface area contributed by atoms with Gasteiger partial charge in [0, 0.05) is 31.5 Å². The van der Waals surface area contributed by atoms with Crippen LogP contribution in [0.15, 0.2) is 36.7 Å². The second-order valence-corrected chi connectivity index (χ2v) is 3.62. The maximum Gasteiger partial charge on any atom is 0.0302 e. The summed E-state index contributed by atoms with van der Waals surface area (Å²) >= 11 is 0. The van der Waals surface area contributed by atoms with E-state index in [1.54, 1.807) is 6.08 Å². The molecule has 80 valence electrons. The lowest BCUT2D eigenvalue weighted by Crippen LogP contribution is -2.27. The van der Waals surface area contributed by atoms with Crippen LogP contribution in [-0.4, -0.2) is 44.0 Å². The van der Waals surface area contributed by atoms with Crippen molar-refractivity contribution >= 4 is 0 Å². The predicted octanol–water partition coefficient (Wildman–Crippen LogP) is 1.02. The van der Waals surface area contributed by atoms with Gasteiger partial charge in [0.2, 0.25) is 0 Å². The van der Waals surface area contributed by atoms with Crippen LogP contribution in [0.2, 0.25) is 0 Å². The van der Waals surface area contributed by atoms with Gasteiger partial charge in [-0.1, -0.05) is 13.2 Å². The SMILES string of the molecule is C=C(N)/C=C\C(=C)N(C)CCN(C)C. The lowest BCUT2D eigenvalue weighted by atomic mass is 10.3. The molecule has 0 atom stereocenters. The molecule has 0 radical (unpaired) electrons. The molecule has 0 saturated carbocycles. The first-order valence-corrected chi connectivity index (χ1v) is 4.60. The molecule has 0 aliphatic rings. The first-order valence-electron chi connectivity index (χ1n) is 4.60. The summed E-state index contributed by atoms with van der Waals surface area (Å²) in [5.74, 6) is 0. The van der Waals surface area contributed by atoms with E-state index < -0.39 is 0 Å². The van der Waals surface area contributed by atoms with Gasteiger partial charge in [-0.25, -0.2) is 0 Å². The molecule has 0 unspecified atom stereocenters. The molecule has 3 heteroatoms. The number of hydrogen-bond acceptors (Lipinski definition) is 3. The van der Waals surface area contributed by atoms with Crippen LogP contribution in [0.3, 0.4) is 0 Å². The Bertz CT molecular complexity index is 229. The van der Waals surface area contributed by atoms with Crippen LogP contribution in [0.1, 0.15) is 0 Å². The molecule has 0 saturated heterocycles. The van der Waals surface area contributed by atoms with E-state index in [-0.39, 0.29) is 0 Å². The largest absolute Gasteiger partial charge is 0.399 e. The normalized spacial score (nSPS) is 10.9. The van der Waals surface area contributed by atoms with Crippen molar-refractivity contribution in [1.29, 1.82) is 0 Å². The number of nitrogens with zero attached hydrogens (tertiary/aromatic N) is 2. The summed E-state index contributed by atoms with van der Waals surface area (Å²) in [7, 11) is 6.11. The molecule has 0 aromatic carbocycles. The highest BCUT2D eigenvalue weighted by atomic mass is 15.2. The van der Waals surface area contributed by atoms with Crippen LogP contribution in [0.25, 0.3) is 0 Å². The predicted molar refractivity (Wildman–Crippen MR) is 62.8 cm³/mol. The van der Waals surface area contributed by atoms with Gasteiger partial charge in [0.25, 0.3) is 0 Å². The Morgan fingerprint density at radius 1 is 1.14 bits per heavy atom. The third kappa shape index (κ3) is 6.31. The van der Waals surface area contributed by atoms with E-state index >= 15 is 0 Å². The highest BCUT2D eigenvalue weighted by Gasteiger charge is 1.98. The fraction of sp³-hybridized carbons (Fsp3) is 0.455. The average Bonchev–Trinajstić information content (AvgIpc) is 2.09. The van der Waals surface area contributed by atoms with Crippen LogP contribution in [0, 0.1) is 0 Å². The van der Waals surface area contributed by atoms with Crippen LogP contribution in [0.5, 0.6) is 0 Å². The highest BCUT2D eigenvalue weighted by molar-refractivity contribution is 5.21. The Labute approximate surface area is 87.2 Å². The number of hydrogen-bond donors (Lipinski definition) is 1. The zero-order valence-electron chi connectivity index (χ0n) is 9.45. The van der Waals surface area contributed by atoms with Crippen molar-refractivity contribution in [1.82, 2.24) is 9.80 Å². The van der Waals surface area contributed by atoms with Crippen molar-refractivity contribution < 1.29 is 0 Å². The summed E-state index contributed by atoms with van der Waals surface area (Å²) in [5.41, 5.74) is 6.91. The Balaban J connectivity index is 3.93. The van der Waals surface area contributed by atoms with Gasteiger partial charge in [0.1, 0.15) is 0 Å². The fourth-order valence-electron chi connectivity index (χ4n) is 0.824. The van der Waals surface area contributed by atoms with Gasteiger partial charge in [-0.2, -0.15) is 0 Å². The second-order valence-electron chi connectivity index (χ2n) is 3.62. The van der Waals surface area contributed by atoms with E-state index in [2.05, 4.69) is 23.0 Å². The van der Waals surface area contributed by atoms with Gasteiger partial charge in [-0.05, 0) is 26.2 Å². The molecule has 0 aliphatic heterocycles. The minimum Gasteiger partial charge on any atom is -0.399 e. The van der Waals surface area contributed by atoms with Crippen molar-refractivity contribution in [3.05, 3.63) is 36.7 Å². The smallest absolute Gasteiger partial charge is 0.0302 e. The minimum absolute atomic E-state index is 0.548. The van der Waals surface area contributed by atoms with Crippen LogP contribution in [-0.2, 0) is 0 Å². The summed E-state index contributed by atoms with van der Waals surface area (Å²) in [6.07, 6.45) is 3.63. The zero-order valence-corrected chi connectivity index (χ0v) is 9.45. The number of nitrogens with two attached hydrogens (primary N) is 1. The molecule has 0 spiro atoms. The Morgan fingerprint density at radius 2 is 1.71 bits per heavy atom. The van der Waals surface area contributed by atoms with Gasteiger partial charge < -0.3 is 15.5 Å². The molecule has 0 bridgehead atoms. The van der Waals surface area contributed by atoms with Gasteiger partial charge in [-0.3, -0.25) is 0 Å². The highest BCUT2D eigenvalue weighted by Crippen LogP contribution is 2.00. The molecule has 0 aromatic heterocycles. The van der Waals surface area contributed by atoms with Crippen LogP contribution in [0.4, 0.5) is 0 Å². The monoisotopic (exact) mass is 195 g/mol. The van der Waals surface area contributed by atoms with Gasteiger partial charge >= 0.3 is 0 Å². The topological polar surface area (TPSA) is 32.5 Å². The maximum atomic E-state index is 5.41. The van der Waals surface area contributed by atoms with E-state index in [4.69, 9.17) is 5.73 Å². The third-order valence-electron chi connectivity index (χ3n) is 1.86. The number of likely N-dealkylation sites (N-methyl/N-ethyl adjacent to an activating group) is 2. The van der Waals surface area contributed by atoms with E-state index in [9.17, 15) is 0 Å². The van der Waals surface area contributed by atoms with Crippen molar-refractivity contribution in [3.63, 3.8) is 0 Å². The van der Waals surface area contributed by atoms with Crippen LogP contribution >= 0.6 is 0 Å². The molecule has 0 aliphatic carbocycles. The molecule has 3 nitrogen and oxygen atoms in total. The molecule has 0 aromatic rings. The van der Waals surface area contributed by atoms with Crippen LogP contribution < -0.4 is 5.73 Å². The molecule has 0 amide bonds. The number of allylic oxidation sites excluding steroid dienone is 2. The average molecular weight is 195 g/mol. The van der Waals surface area contributed by atoms with Crippen molar-refractivity contribution in [2.24, 2.45) is 5.73 Å². The summed E-state index contributed by atoms with van der Waals surface area (Å²) in [5, 5.41) is 0. The van der Waals surface area contributed by atoms with E-state index in [0.29, 0.717) is 5.70 Å². The first kappa shape index (κ1) is 12.8. The lowest BCUT2D eigenvalue weighted by Gasteiger charge is -2.21. The van der Waals surface area contributed by atoms with Crippen molar-refractivity contribution in [2.45, 2.75) is 0 Å². The van der Waals surface area contributed by atoms with Gasteiger partial charge in [-0.15, -0.1) is 0 Å². The maximum absolute atomic E-state index is 5.41. The zero-order chi connectivity index (χ0) is 11.1. The van der Waals surface area contributed by atoms with E-state index in [0.717, 1.165) is 18.8 Å². The quantitative estimate of drug-likeness (QED) is 0.642. The van der Waals surface area contributed by atoms with Gasteiger partial charge in [0.15, 0.2) is 0 Å². The van der Waals surface area contributed by atoms with Crippen molar-refractivity contribution in [3.8, 4) is 0 Å². The van der Waals surface area contributed by atoms with Gasteiger partial charge in [0.05, 0.1) is 0 Å². The van der Waals surface area contributed by atoms with E-state index in [1.807, 2.05) is 27.2 Å². The summed E-state index contributed by atoms with van der Waals surface area (Å²) in [6.45, 7) is 9.47. The fourth-order valence-corrected chi connectivity index (χ4v) is 0.824. The second kappa shape index (κ2) is 6.27. The Morgan fingerprint density at radius 3 is 2.14 bits per heavy atom. The molecule has 2 N–H and O–H groups in total.